The summed E-state index contributed by atoms with van der Waals surface area (Å²) in [6.07, 6.45) is 8.59. The summed E-state index contributed by atoms with van der Waals surface area (Å²) in [6, 6.07) is 0.756. The first kappa shape index (κ1) is 22.0. The summed E-state index contributed by atoms with van der Waals surface area (Å²) >= 11 is 0. The molecule has 1 amide bonds. The van der Waals surface area contributed by atoms with Crippen LogP contribution < -0.4 is 10.6 Å². The maximum absolute atomic E-state index is 12.0. The number of halogens is 2. The second-order valence-corrected chi connectivity index (χ2v) is 6.42. The van der Waals surface area contributed by atoms with Crippen molar-refractivity contribution in [3.05, 3.63) is 0 Å². The van der Waals surface area contributed by atoms with E-state index in [1.165, 1.54) is 38.8 Å². The highest BCUT2D eigenvalue weighted by Gasteiger charge is 2.20. The fourth-order valence-electron chi connectivity index (χ4n) is 3.36. The number of rotatable bonds is 6. The van der Waals surface area contributed by atoms with E-state index in [0.29, 0.717) is 0 Å². The van der Waals surface area contributed by atoms with Gasteiger partial charge in [0.05, 0.1) is 5.92 Å². The molecule has 0 aliphatic carbocycles. The van der Waals surface area contributed by atoms with E-state index < -0.39 is 0 Å². The van der Waals surface area contributed by atoms with Crippen LogP contribution in [0.15, 0.2) is 0 Å². The molecular weight excluding hydrogens is 321 g/mol. The number of hydrogen-bond acceptors (Lipinski definition) is 3. The van der Waals surface area contributed by atoms with Gasteiger partial charge in [0.1, 0.15) is 0 Å². The number of carbonyl (C=O) groups is 1. The van der Waals surface area contributed by atoms with Gasteiger partial charge in [-0.25, -0.2) is 0 Å². The topological polar surface area (TPSA) is 44.4 Å². The van der Waals surface area contributed by atoms with Crippen molar-refractivity contribution in [3.63, 3.8) is 0 Å². The Bertz CT molecular complexity index is 299. The maximum atomic E-state index is 12.0. The van der Waals surface area contributed by atoms with Gasteiger partial charge < -0.3 is 15.5 Å². The number of amides is 1. The Balaban J connectivity index is 0.00000220. The van der Waals surface area contributed by atoms with Gasteiger partial charge in [-0.15, -0.1) is 24.8 Å². The van der Waals surface area contributed by atoms with E-state index in [1.807, 2.05) is 0 Å². The number of hydrogen-bond donors (Lipinski definition) is 2. The van der Waals surface area contributed by atoms with E-state index in [9.17, 15) is 4.79 Å². The molecule has 2 N–H and O–H groups in total. The maximum Gasteiger partial charge on any atom is 0.224 e. The van der Waals surface area contributed by atoms with Crippen molar-refractivity contribution in [1.29, 1.82) is 0 Å². The number of unbranched alkanes of at least 4 members (excludes halogenated alkanes) is 1. The summed E-state index contributed by atoms with van der Waals surface area (Å²) in [4.78, 5) is 14.6. The van der Waals surface area contributed by atoms with Crippen LogP contribution in [0.25, 0.3) is 0 Å². The summed E-state index contributed by atoms with van der Waals surface area (Å²) < 4.78 is 0. The van der Waals surface area contributed by atoms with E-state index in [0.717, 1.165) is 44.9 Å². The summed E-state index contributed by atoms with van der Waals surface area (Å²) in [5.74, 6) is 0.453. The molecule has 0 radical (unpaired) electrons. The molecule has 4 nitrogen and oxygen atoms in total. The van der Waals surface area contributed by atoms with Crippen molar-refractivity contribution >= 4 is 30.7 Å². The molecule has 2 atom stereocenters. The molecule has 132 valence electrons. The lowest BCUT2D eigenvalue weighted by Crippen LogP contribution is -2.41. The molecular formula is C16H33Cl2N3O. The van der Waals surface area contributed by atoms with Gasteiger partial charge in [-0.1, -0.05) is 6.42 Å². The fourth-order valence-corrected chi connectivity index (χ4v) is 3.36. The summed E-state index contributed by atoms with van der Waals surface area (Å²) in [5, 5.41) is 6.40. The normalized spacial score (nSPS) is 25.7. The lowest BCUT2D eigenvalue weighted by molar-refractivity contribution is -0.125. The third kappa shape index (κ3) is 7.49. The van der Waals surface area contributed by atoms with Crippen molar-refractivity contribution in [3.8, 4) is 0 Å². The van der Waals surface area contributed by atoms with Crippen molar-refractivity contribution in [1.82, 2.24) is 15.5 Å². The van der Waals surface area contributed by atoms with Crippen LogP contribution in [0.4, 0.5) is 0 Å². The molecule has 2 rings (SSSR count). The Kier molecular flexibility index (Phi) is 12.4. The molecule has 2 unspecified atom stereocenters. The van der Waals surface area contributed by atoms with Crippen molar-refractivity contribution in [2.75, 3.05) is 32.7 Å². The molecule has 0 spiro atoms. The molecule has 0 aromatic heterocycles. The quantitative estimate of drug-likeness (QED) is 0.721. The van der Waals surface area contributed by atoms with Gasteiger partial charge in [-0.05, 0) is 65.1 Å². The molecule has 6 heteroatoms. The van der Waals surface area contributed by atoms with Crippen LogP contribution in [0.1, 0.15) is 51.9 Å². The average Bonchev–Trinajstić information content (AvgIpc) is 2.49. The summed E-state index contributed by atoms with van der Waals surface area (Å²) in [5.41, 5.74) is 0. The van der Waals surface area contributed by atoms with Crippen LogP contribution in [0.3, 0.4) is 0 Å². The first-order valence-corrected chi connectivity index (χ1v) is 8.50. The van der Waals surface area contributed by atoms with E-state index in [4.69, 9.17) is 0 Å². The van der Waals surface area contributed by atoms with Gasteiger partial charge in [0.15, 0.2) is 0 Å². The molecule has 2 aliphatic heterocycles. The molecule has 2 fully saturated rings. The minimum Gasteiger partial charge on any atom is -0.356 e. The van der Waals surface area contributed by atoms with Crippen molar-refractivity contribution in [2.45, 2.75) is 57.9 Å². The second kappa shape index (κ2) is 12.4. The molecule has 0 aromatic rings. The number of nitrogens with zero attached hydrogens (tertiary/aromatic N) is 1. The van der Waals surface area contributed by atoms with Gasteiger partial charge in [0.25, 0.3) is 0 Å². The highest BCUT2D eigenvalue weighted by Crippen LogP contribution is 2.16. The molecule has 2 aliphatic rings. The smallest absolute Gasteiger partial charge is 0.224 e. The third-order valence-electron chi connectivity index (χ3n) is 4.78. The monoisotopic (exact) mass is 353 g/mol. The van der Waals surface area contributed by atoms with Crippen molar-refractivity contribution in [2.24, 2.45) is 5.92 Å². The number of likely N-dealkylation sites (tertiary alicyclic amines) is 1. The molecule has 2 heterocycles. The highest BCUT2D eigenvalue weighted by atomic mass is 35.5. The Labute approximate surface area is 148 Å². The zero-order chi connectivity index (χ0) is 14.2. The Hall–Kier alpha value is -0.0300. The van der Waals surface area contributed by atoms with Crippen LogP contribution in [0.2, 0.25) is 0 Å². The van der Waals surface area contributed by atoms with Gasteiger partial charge in [0.2, 0.25) is 5.91 Å². The second-order valence-electron chi connectivity index (χ2n) is 6.42. The fraction of sp³-hybridized carbons (Fsp3) is 0.938. The zero-order valence-electron chi connectivity index (χ0n) is 13.8. The molecule has 0 aromatic carbocycles. The van der Waals surface area contributed by atoms with Crippen LogP contribution in [0, 0.1) is 5.92 Å². The van der Waals surface area contributed by atoms with Crippen molar-refractivity contribution < 1.29 is 4.79 Å². The van der Waals surface area contributed by atoms with Gasteiger partial charge in [-0.3, -0.25) is 4.79 Å². The minimum atomic E-state index is 0. The van der Waals surface area contributed by atoms with Gasteiger partial charge in [-0.2, -0.15) is 0 Å². The first-order chi connectivity index (χ1) is 9.77. The van der Waals surface area contributed by atoms with Crippen LogP contribution in [0.5, 0.6) is 0 Å². The third-order valence-corrected chi connectivity index (χ3v) is 4.78. The Morgan fingerprint density at radius 2 is 2.00 bits per heavy atom. The highest BCUT2D eigenvalue weighted by molar-refractivity contribution is 5.85. The Morgan fingerprint density at radius 1 is 1.18 bits per heavy atom. The predicted molar refractivity (Wildman–Crippen MR) is 97.2 cm³/mol. The molecule has 2 saturated heterocycles. The van der Waals surface area contributed by atoms with E-state index in [-0.39, 0.29) is 36.6 Å². The lowest BCUT2D eigenvalue weighted by atomic mass is 9.99. The lowest BCUT2D eigenvalue weighted by Gasteiger charge is -2.33. The van der Waals surface area contributed by atoms with E-state index in [1.54, 1.807) is 0 Å². The van der Waals surface area contributed by atoms with Crippen LogP contribution >= 0.6 is 24.8 Å². The number of carbonyl (C=O) groups excluding carboxylic acids is 1. The average molecular weight is 354 g/mol. The van der Waals surface area contributed by atoms with E-state index >= 15 is 0 Å². The number of nitrogens with one attached hydrogen (secondary N) is 2. The summed E-state index contributed by atoms with van der Waals surface area (Å²) in [7, 11) is 0. The van der Waals surface area contributed by atoms with Crippen LogP contribution in [-0.2, 0) is 4.79 Å². The molecule has 0 bridgehead atoms. The predicted octanol–water partition coefficient (Wildman–Crippen LogP) is 2.60. The summed E-state index contributed by atoms with van der Waals surface area (Å²) in [6.45, 7) is 7.58. The van der Waals surface area contributed by atoms with E-state index in [2.05, 4.69) is 22.5 Å². The number of piperidine rings is 2. The standard InChI is InChI=1S/C16H31N3O.2ClH/c1-14-7-2-4-11-19(14)12-5-3-10-18-16(20)15-8-6-9-17-13-15;;/h14-15,17H,2-13H2,1H3,(H,18,20);2*1H. The Morgan fingerprint density at radius 3 is 2.68 bits per heavy atom. The van der Waals surface area contributed by atoms with Gasteiger partial charge in [0, 0.05) is 19.1 Å². The SMILES string of the molecule is CC1CCCCN1CCCCNC(=O)C1CCCNC1.Cl.Cl. The first-order valence-electron chi connectivity index (χ1n) is 8.50. The molecule has 22 heavy (non-hydrogen) atoms. The minimum absolute atomic E-state index is 0. The largest absolute Gasteiger partial charge is 0.356 e. The molecule has 0 saturated carbocycles. The van der Waals surface area contributed by atoms with Crippen LogP contribution in [-0.4, -0.2) is 49.6 Å². The van der Waals surface area contributed by atoms with Gasteiger partial charge >= 0.3 is 0 Å². The zero-order valence-corrected chi connectivity index (χ0v) is 15.4.